The minimum Gasteiger partial charge on any atom is -0.497 e. The first-order chi connectivity index (χ1) is 13.7. The molecule has 156 valence electrons. The van der Waals surface area contributed by atoms with Gasteiger partial charge in [0.2, 0.25) is 10.0 Å². The van der Waals surface area contributed by atoms with E-state index >= 15 is 0 Å². The van der Waals surface area contributed by atoms with Crippen molar-refractivity contribution in [2.75, 3.05) is 25.5 Å². The molecule has 1 aliphatic rings. The molecular formula is C21H25FN2O4S. The van der Waals surface area contributed by atoms with Gasteiger partial charge in [-0.2, -0.15) is 4.31 Å². The number of hydrogen-bond acceptors (Lipinski definition) is 4. The van der Waals surface area contributed by atoms with Crippen LogP contribution in [0.3, 0.4) is 0 Å². The second-order valence-electron chi connectivity index (χ2n) is 7.59. The van der Waals surface area contributed by atoms with Gasteiger partial charge in [-0.1, -0.05) is 13.8 Å². The standard InChI is InChI=1S/C21H25FN2O4S/c1-14-10-15(2)13-24(12-14)29(26,27)18-7-4-16(5-8-18)23-21(25)19-9-6-17(28-3)11-20(19)22/h4-9,11,14-15H,10,12-13H2,1-3H3,(H,23,25)/t14-,15-/m1/s1. The first-order valence-electron chi connectivity index (χ1n) is 9.46. The Bertz CT molecular complexity index is 982. The van der Waals surface area contributed by atoms with Crippen molar-refractivity contribution in [2.24, 2.45) is 11.8 Å². The summed E-state index contributed by atoms with van der Waals surface area (Å²) in [6, 6.07) is 9.88. The molecule has 1 amide bonds. The topological polar surface area (TPSA) is 75.7 Å². The van der Waals surface area contributed by atoms with Crippen LogP contribution in [0.15, 0.2) is 47.4 Å². The SMILES string of the molecule is COc1ccc(C(=O)Nc2ccc(S(=O)(=O)N3C[C@H](C)C[C@@H](C)C3)cc2)c(F)c1. The number of carbonyl (C=O) groups excluding carboxylic acids is 1. The van der Waals surface area contributed by atoms with Crippen LogP contribution in [0.5, 0.6) is 5.75 Å². The monoisotopic (exact) mass is 420 g/mol. The number of methoxy groups -OCH3 is 1. The molecule has 0 aliphatic carbocycles. The van der Waals surface area contributed by atoms with Crippen LogP contribution in [-0.2, 0) is 10.0 Å². The summed E-state index contributed by atoms with van der Waals surface area (Å²) in [5, 5.41) is 2.58. The van der Waals surface area contributed by atoms with E-state index in [0.29, 0.717) is 36.4 Å². The Balaban J connectivity index is 1.74. The molecule has 3 rings (SSSR count). The number of rotatable bonds is 5. The lowest BCUT2D eigenvalue weighted by atomic mass is 9.94. The first-order valence-corrected chi connectivity index (χ1v) is 10.9. The Morgan fingerprint density at radius 3 is 2.28 bits per heavy atom. The van der Waals surface area contributed by atoms with Crippen molar-refractivity contribution in [2.45, 2.75) is 25.2 Å². The fraction of sp³-hybridized carbons (Fsp3) is 0.381. The number of carbonyl (C=O) groups is 1. The van der Waals surface area contributed by atoms with Crippen LogP contribution in [-0.4, -0.2) is 38.8 Å². The zero-order chi connectivity index (χ0) is 21.2. The molecule has 0 bridgehead atoms. The van der Waals surface area contributed by atoms with Gasteiger partial charge >= 0.3 is 0 Å². The second-order valence-corrected chi connectivity index (χ2v) is 9.53. The van der Waals surface area contributed by atoms with Crippen molar-refractivity contribution in [3.63, 3.8) is 0 Å². The van der Waals surface area contributed by atoms with Crippen molar-refractivity contribution >= 4 is 21.6 Å². The number of nitrogens with zero attached hydrogens (tertiary/aromatic N) is 1. The third-order valence-electron chi connectivity index (χ3n) is 5.01. The molecule has 1 N–H and O–H groups in total. The van der Waals surface area contributed by atoms with Gasteiger partial charge in [-0.25, -0.2) is 12.8 Å². The van der Waals surface area contributed by atoms with Gasteiger partial charge in [0.15, 0.2) is 0 Å². The minimum absolute atomic E-state index is 0.126. The molecule has 0 unspecified atom stereocenters. The van der Waals surface area contributed by atoms with E-state index in [0.717, 1.165) is 12.5 Å². The summed E-state index contributed by atoms with van der Waals surface area (Å²) in [7, 11) is -2.18. The van der Waals surface area contributed by atoms with Crippen LogP contribution in [0.2, 0.25) is 0 Å². The summed E-state index contributed by atoms with van der Waals surface area (Å²) < 4.78 is 46.3. The van der Waals surface area contributed by atoms with Crippen molar-refractivity contribution in [1.82, 2.24) is 4.31 Å². The lowest BCUT2D eigenvalue weighted by Gasteiger charge is -2.34. The molecule has 2 aromatic rings. The van der Waals surface area contributed by atoms with E-state index in [2.05, 4.69) is 19.2 Å². The van der Waals surface area contributed by atoms with E-state index in [1.165, 1.54) is 47.8 Å². The largest absolute Gasteiger partial charge is 0.497 e. The Morgan fingerprint density at radius 1 is 1.10 bits per heavy atom. The molecule has 0 aromatic heterocycles. The summed E-state index contributed by atoms with van der Waals surface area (Å²) in [6.07, 6.45) is 1.01. The van der Waals surface area contributed by atoms with Crippen LogP contribution in [0.25, 0.3) is 0 Å². The fourth-order valence-corrected chi connectivity index (χ4v) is 5.35. The third-order valence-corrected chi connectivity index (χ3v) is 6.85. The van der Waals surface area contributed by atoms with E-state index in [9.17, 15) is 17.6 Å². The highest BCUT2D eigenvalue weighted by molar-refractivity contribution is 7.89. The first kappa shape index (κ1) is 21.3. The maximum atomic E-state index is 14.1. The molecule has 1 fully saturated rings. The average Bonchev–Trinajstić information content (AvgIpc) is 2.67. The molecule has 2 aromatic carbocycles. The highest BCUT2D eigenvalue weighted by Crippen LogP contribution is 2.27. The maximum absolute atomic E-state index is 14.1. The number of anilines is 1. The molecule has 29 heavy (non-hydrogen) atoms. The van der Waals surface area contributed by atoms with Crippen LogP contribution < -0.4 is 10.1 Å². The number of piperidine rings is 1. The lowest BCUT2D eigenvalue weighted by molar-refractivity contribution is 0.102. The summed E-state index contributed by atoms with van der Waals surface area (Å²) in [4.78, 5) is 12.5. The molecule has 0 radical (unpaired) electrons. The van der Waals surface area contributed by atoms with Crippen molar-refractivity contribution in [3.8, 4) is 5.75 Å². The normalized spacial score (nSPS) is 20.3. The molecule has 1 aliphatic heterocycles. The zero-order valence-electron chi connectivity index (χ0n) is 16.7. The average molecular weight is 421 g/mol. The van der Waals surface area contributed by atoms with Gasteiger partial charge in [0.1, 0.15) is 11.6 Å². The molecular weight excluding hydrogens is 395 g/mol. The molecule has 1 heterocycles. The van der Waals surface area contributed by atoms with Gasteiger partial charge in [-0.3, -0.25) is 4.79 Å². The predicted octanol–water partition coefficient (Wildman–Crippen LogP) is 3.75. The zero-order valence-corrected chi connectivity index (χ0v) is 17.5. The van der Waals surface area contributed by atoms with Crippen LogP contribution in [0.1, 0.15) is 30.6 Å². The van der Waals surface area contributed by atoms with E-state index in [-0.39, 0.29) is 10.5 Å². The van der Waals surface area contributed by atoms with E-state index in [4.69, 9.17) is 4.74 Å². The Hall–Kier alpha value is -2.45. The molecule has 6 nitrogen and oxygen atoms in total. The lowest BCUT2D eigenvalue weighted by Crippen LogP contribution is -2.42. The number of ether oxygens (including phenoxy) is 1. The number of hydrogen-bond donors (Lipinski definition) is 1. The predicted molar refractivity (Wildman–Crippen MR) is 109 cm³/mol. The third kappa shape index (κ3) is 4.76. The fourth-order valence-electron chi connectivity index (χ4n) is 3.67. The van der Waals surface area contributed by atoms with Crippen LogP contribution in [0.4, 0.5) is 10.1 Å². The van der Waals surface area contributed by atoms with Gasteiger partial charge in [0.25, 0.3) is 5.91 Å². The second kappa shape index (κ2) is 8.51. The summed E-state index contributed by atoms with van der Waals surface area (Å²) in [5.74, 6) is -0.387. The highest BCUT2D eigenvalue weighted by atomic mass is 32.2. The van der Waals surface area contributed by atoms with E-state index in [1.54, 1.807) is 0 Å². The van der Waals surface area contributed by atoms with E-state index in [1.807, 2.05) is 0 Å². The minimum atomic E-state index is -3.59. The molecule has 0 saturated carbocycles. The number of halogens is 1. The highest BCUT2D eigenvalue weighted by Gasteiger charge is 2.31. The molecule has 2 atom stereocenters. The quantitative estimate of drug-likeness (QED) is 0.799. The summed E-state index contributed by atoms with van der Waals surface area (Å²) in [6.45, 7) is 5.11. The number of nitrogens with one attached hydrogen (secondary N) is 1. The van der Waals surface area contributed by atoms with Gasteiger partial charge in [-0.15, -0.1) is 0 Å². The Labute approximate surface area is 170 Å². The van der Waals surface area contributed by atoms with Crippen LogP contribution in [0, 0.1) is 17.7 Å². The smallest absolute Gasteiger partial charge is 0.258 e. The summed E-state index contributed by atoms with van der Waals surface area (Å²) in [5.41, 5.74) is 0.253. The van der Waals surface area contributed by atoms with Crippen molar-refractivity contribution in [3.05, 3.63) is 53.8 Å². The number of benzene rings is 2. The Morgan fingerprint density at radius 2 is 1.72 bits per heavy atom. The Kier molecular flexibility index (Phi) is 6.24. The van der Waals surface area contributed by atoms with Crippen LogP contribution >= 0.6 is 0 Å². The summed E-state index contributed by atoms with van der Waals surface area (Å²) >= 11 is 0. The molecule has 1 saturated heterocycles. The van der Waals surface area contributed by atoms with Crippen molar-refractivity contribution < 1.29 is 22.3 Å². The van der Waals surface area contributed by atoms with Gasteiger partial charge in [0, 0.05) is 24.8 Å². The van der Waals surface area contributed by atoms with Gasteiger partial charge < -0.3 is 10.1 Å². The van der Waals surface area contributed by atoms with Gasteiger partial charge in [-0.05, 0) is 54.7 Å². The number of sulfonamides is 1. The molecule has 0 spiro atoms. The molecule has 8 heteroatoms. The van der Waals surface area contributed by atoms with Gasteiger partial charge in [0.05, 0.1) is 17.6 Å². The van der Waals surface area contributed by atoms with E-state index < -0.39 is 21.7 Å². The number of amides is 1. The maximum Gasteiger partial charge on any atom is 0.258 e. The van der Waals surface area contributed by atoms with Crippen molar-refractivity contribution in [1.29, 1.82) is 0 Å².